The molecule has 1 heterocycles. The van der Waals surface area contributed by atoms with Crippen molar-refractivity contribution in [2.45, 2.75) is 25.9 Å². The number of nitrogens with zero attached hydrogens (tertiary/aromatic N) is 2. The molecule has 1 fully saturated rings. The average Bonchev–Trinajstić information content (AvgIpc) is 3.21. The highest BCUT2D eigenvalue weighted by Gasteiger charge is 2.25. The van der Waals surface area contributed by atoms with Crippen LogP contribution in [0.1, 0.15) is 18.9 Å². The van der Waals surface area contributed by atoms with Gasteiger partial charge in [-0.25, -0.2) is 13.8 Å². The number of methoxy groups -OCH3 is 1. The predicted octanol–water partition coefficient (Wildman–Crippen LogP) is 3.98. The highest BCUT2D eigenvalue weighted by Crippen LogP contribution is 2.24. The molecule has 0 bridgehead atoms. The number of rotatable bonds is 9. The highest BCUT2D eigenvalue weighted by molar-refractivity contribution is 14.0. The molecule has 6 nitrogen and oxygen atoms in total. The first-order valence-corrected chi connectivity index (χ1v) is 10.7. The molecule has 9 heteroatoms. The second-order valence-electron chi connectivity index (χ2n) is 7.48. The molecule has 1 saturated heterocycles. The minimum absolute atomic E-state index is 0. The lowest BCUT2D eigenvalue weighted by Gasteiger charge is -2.21. The van der Waals surface area contributed by atoms with E-state index < -0.39 is 11.6 Å². The molecule has 0 spiro atoms. The van der Waals surface area contributed by atoms with Crippen LogP contribution in [-0.4, -0.2) is 51.9 Å². The lowest BCUT2D eigenvalue weighted by Crippen LogP contribution is -2.44. The molecule has 0 aliphatic carbocycles. The molecule has 0 saturated carbocycles. The van der Waals surface area contributed by atoms with Crippen LogP contribution in [0.2, 0.25) is 0 Å². The van der Waals surface area contributed by atoms with E-state index in [2.05, 4.69) is 28.1 Å². The number of guanidine groups is 1. The van der Waals surface area contributed by atoms with E-state index in [1.54, 1.807) is 7.11 Å². The summed E-state index contributed by atoms with van der Waals surface area (Å²) < 4.78 is 32.3. The SMILES string of the molecule is CCNC(=NCc1ccc(NCCOC)cc1)NC1CCN(c2ccc(F)cc2F)C1.I. The Kier molecular flexibility index (Phi) is 10.9. The van der Waals surface area contributed by atoms with Crippen molar-refractivity contribution in [1.29, 1.82) is 0 Å². The molecule has 1 aliphatic rings. The summed E-state index contributed by atoms with van der Waals surface area (Å²) in [4.78, 5) is 6.63. The van der Waals surface area contributed by atoms with Gasteiger partial charge in [0.25, 0.3) is 0 Å². The minimum atomic E-state index is -0.560. The number of aliphatic imine (C=N–C) groups is 1. The van der Waals surface area contributed by atoms with E-state index in [4.69, 9.17) is 9.73 Å². The summed E-state index contributed by atoms with van der Waals surface area (Å²) in [6.45, 7) is 6.09. The second kappa shape index (κ2) is 13.4. The summed E-state index contributed by atoms with van der Waals surface area (Å²) in [6, 6.07) is 12.0. The fourth-order valence-corrected chi connectivity index (χ4v) is 3.54. The first-order valence-electron chi connectivity index (χ1n) is 10.7. The van der Waals surface area contributed by atoms with E-state index in [9.17, 15) is 8.78 Å². The first-order chi connectivity index (χ1) is 15.1. The van der Waals surface area contributed by atoms with E-state index in [-0.39, 0.29) is 30.0 Å². The first kappa shape index (κ1) is 26.1. The third kappa shape index (κ3) is 7.77. The van der Waals surface area contributed by atoms with Gasteiger partial charge in [0.1, 0.15) is 11.6 Å². The third-order valence-corrected chi connectivity index (χ3v) is 5.13. The smallest absolute Gasteiger partial charge is 0.191 e. The number of anilines is 2. The fraction of sp³-hybridized carbons (Fsp3) is 0.435. The predicted molar refractivity (Wildman–Crippen MR) is 137 cm³/mol. The second-order valence-corrected chi connectivity index (χ2v) is 7.48. The molecule has 0 amide bonds. The topological polar surface area (TPSA) is 60.9 Å². The Hall–Kier alpha value is -2.14. The van der Waals surface area contributed by atoms with Crippen molar-refractivity contribution in [2.75, 3.05) is 50.1 Å². The molecule has 176 valence electrons. The van der Waals surface area contributed by atoms with Crippen LogP contribution >= 0.6 is 24.0 Å². The van der Waals surface area contributed by atoms with Crippen molar-refractivity contribution in [2.24, 2.45) is 4.99 Å². The average molecular weight is 559 g/mol. The standard InChI is InChI=1S/C23H31F2N5O.HI/c1-3-26-23(28-15-17-4-7-19(8-5-17)27-11-13-31-2)29-20-10-12-30(16-20)22-9-6-18(24)14-21(22)25;/h4-9,14,20,27H,3,10-13,15-16H2,1-2H3,(H2,26,28,29);1H. The van der Waals surface area contributed by atoms with Crippen molar-refractivity contribution in [1.82, 2.24) is 10.6 Å². The number of ether oxygens (including phenoxy) is 1. The largest absolute Gasteiger partial charge is 0.383 e. The molecular formula is C23H32F2IN5O. The van der Waals surface area contributed by atoms with Gasteiger partial charge in [0, 0.05) is 51.1 Å². The van der Waals surface area contributed by atoms with Crippen LogP contribution in [0.25, 0.3) is 0 Å². The Bertz CT molecular complexity index is 866. The van der Waals surface area contributed by atoms with Crippen molar-refractivity contribution < 1.29 is 13.5 Å². The maximum absolute atomic E-state index is 14.1. The molecule has 2 aromatic rings. The molecule has 0 radical (unpaired) electrons. The van der Waals surface area contributed by atoms with Gasteiger partial charge >= 0.3 is 0 Å². The van der Waals surface area contributed by atoms with E-state index in [1.165, 1.54) is 12.1 Å². The van der Waals surface area contributed by atoms with E-state index >= 15 is 0 Å². The Morgan fingerprint density at radius 3 is 2.66 bits per heavy atom. The van der Waals surface area contributed by atoms with Crippen LogP contribution in [0.5, 0.6) is 0 Å². The van der Waals surface area contributed by atoms with Gasteiger partial charge in [0.15, 0.2) is 5.96 Å². The Labute approximate surface area is 205 Å². The summed E-state index contributed by atoms with van der Waals surface area (Å²) in [7, 11) is 1.68. The van der Waals surface area contributed by atoms with Crippen molar-refractivity contribution >= 4 is 41.3 Å². The van der Waals surface area contributed by atoms with Crippen LogP contribution < -0.4 is 20.9 Å². The Morgan fingerprint density at radius 1 is 1.19 bits per heavy atom. The van der Waals surface area contributed by atoms with E-state index in [0.717, 1.165) is 42.8 Å². The van der Waals surface area contributed by atoms with Crippen LogP contribution in [0, 0.1) is 11.6 Å². The quantitative estimate of drug-likeness (QED) is 0.188. The molecule has 2 aromatic carbocycles. The fourth-order valence-electron chi connectivity index (χ4n) is 3.54. The third-order valence-electron chi connectivity index (χ3n) is 5.13. The van der Waals surface area contributed by atoms with E-state index in [0.29, 0.717) is 31.9 Å². The van der Waals surface area contributed by atoms with Crippen LogP contribution in [-0.2, 0) is 11.3 Å². The number of hydrogen-bond donors (Lipinski definition) is 3. The van der Waals surface area contributed by atoms with Gasteiger partial charge in [0.05, 0.1) is 18.8 Å². The van der Waals surface area contributed by atoms with Gasteiger partial charge in [-0.2, -0.15) is 0 Å². The summed E-state index contributed by atoms with van der Waals surface area (Å²) in [5.41, 5.74) is 2.59. The van der Waals surface area contributed by atoms with Gasteiger partial charge in [-0.3, -0.25) is 0 Å². The number of nitrogens with one attached hydrogen (secondary N) is 3. The van der Waals surface area contributed by atoms with Crippen LogP contribution in [0.4, 0.5) is 20.2 Å². The zero-order valence-electron chi connectivity index (χ0n) is 18.5. The van der Waals surface area contributed by atoms with Gasteiger partial charge in [0.2, 0.25) is 0 Å². The highest BCUT2D eigenvalue weighted by atomic mass is 127. The zero-order chi connectivity index (χ0) is 22.1. The molecule has 1 unspecified atom stereocenters. The van der Waals surface area contributed by atoms with E-state index in [1.807, 2.05) is 24.0 Å². The van der Waals surface area contributed by atoms with Crippen LogP contribution in [0.15, 0.2) is 47.5 Å². The maximum atomic E-state index is 14.1. The molecule has 1 atom stereocenters. The molecule has 3 N–H and O–H groups in total. The zero-order valence-corrected chi connectivity index (χ0v) is 20.9. The lowest BCUT2D eigenvalue weighted by atomic mass is 10.2. The molecule has 32 heavy (non-hydrogen) atoms. The summed E-state index contributed by atoms with van der Waals surface area (Å²) in [5.74, 6) is -0.354. The van der Waals surface area contributed by atoms with Crippen molar-refractivity contribution in [3.63, 3.8) is 0 Å². The van der Waals surface area contributed by atoms with Crippen molar-refractivity contribution in [3.05, 3.63) is 59.7 Å². The summed E-state index contributed by atoms with van der Waals surface area (Å²) in [5, 5.41) is 10.0. The number of halogens is 3. The van der Waals surface area contributed by atoms with Gasteiger partial charge < -0.3 is 25.6 Å². The molecule has 0 aromatic heterocycles. The summed E-state index contributed by atoms with van der Waals surface area (Å²) >= 11 is 0. The van der Waals surface area contributed by atoms with Crippen LogP contribution in [0.3, 0.4) is 0 Å². The van der Waals surface area contributed by atoms with Gasteiger partial charge in [-0.05, 0) is 43.2 Å². The minimum Gasteiger partial charge on any atom is -0.383 e. The van der Waals surface area contributed by atoms with Gasteiger partial charge in [-0.15, -0.1) is 24.0 Å². The van der Waals surface area contributed by atoms with Crippen molar-refractivity contribution in [3.8, 4) is 0 Å². The lowest BCUT2D eigenvalue weighted by molar-refractivity contribution is 0.211. The monoisotopic (exact) mass is 559 g/mol. The molecule has 3 rings (SSSR count). The molecule has 1 aliphatic heterocycles. The number of hydrogen-bond acceptors (Lipinski definition) is 4. The molecular weight excluding hydrogens is 527 g/mol. The summed E-state index contributed by atoms with van der Waals surface area (Å²) in [6.07, 6.45) is 0.850. The Balaban J connectivity index is 0.00000363. The maximum Gasteiger partial charge on any atom is 0.191 e. The normalized spacial score (nSPS) is 15.9. The number of benzene rings is 2. The van der Waals surface area contributed by atoms with Gasteiger partial charge in [-0.1, -0.05) is 12.1 Å². The Morgan fingerprint density at radius 2 is 1.97 bits per heavy atom.